The molecule has 1 saturated carbocycles. The van der Waals surface area contributed by atoms with E-state index in [0.29, 0.717) is 5.69 Å². The summed E-state index contributed by atoms with van der Waals surface area (Å²) < 4.78 is 0. The lowest BCUT2D eigenvalue weighted by Gasteiger charge is -2.16. The van der Waals surface area contributed by atoms with Crippen LogP contribution in [0, 0.1) is 23.7 Å². The Balaban J connectivity index is 1.43. The number of carbonyl (C=O) groups is 3. The Bertz CT molecular complexity index is 707. The van der Waals surface area contributed by atoms with Crippen LogP contribution >= 0.6 is 0 Å². The molecule has 1 N–H and O–H groups in total. The van der Waals surface area contributed by atoms with E-state index in [1.165, 1.54) is 5.56 Å². The zero-order chi connectivity index (χ0) is 16.8. The summed E-state index contributed by atoms with van der Waals surface area (Å²) in [5, 5.41) is 2.76. The van der Waals surface area contributed by atoms with Crippen LogP contribution in [-0.4, -0.2) is 29.2 Å². The molecule has 1 heterocycles. The monoisotopic (exact) mass is 324 g/mol. The van der Waals surface area contributed by atoms with Gasteiger partial charge in [0.2, 0.25) is 17.7 Å². The average Bonchev–Trinajstić information content (AvgIpc) is 3.25. The Labute approximate surface area is 140 Å². The number of amides is 3. The van der Waals surface area contributed by atoms with Crippen molar-refractivity contribution in [1.29, 1.82) is 0 Å². The van der Waals surface area contributed by atoms with Crippen molar-refractivity contribution < 1.29 is 14.4 Å². The van der Waals surface area contributed by atoms with Crippen LogP contribution in [0.2, 0.25) is 0 Å². The van der Waals surface area contributed by atoms with E-state index in [1.54, 1.807) is 0 Å². The summed E-state index contributed by atoms with van der Waals surface area (Å²) in [6, 6.07) is 7.58. The molecule has 5 nitrogen and oxygen atoms in total. The van der Waals surface area contributed by atoms with E-state index in [0.717, 1.165) is 17.7 Å². The first-order valence-corrected chi connectivity index (χ1v) is 8.51. The van der Waals surface area contributed by atoms with Crippen molar-refractivity contribution in [2.24, 2.45) is 23.7 Å². The molecule has 24 heavy (non-hydrogen) atoms. The molecule has 0 radical (unpaired) electrons. The van der Waals surface area contributed by atoms with E-state index < -0.39 is 0 Å². The highest BCUT2D eigenvalue weighted by Crippen LogP contribution is 2.52. The number of nitrogens with one attached hydrogen (secondary N) is 1. The van der Waals surface area contributed by atoms with E-state index in [4.69, 9.17) is 0 Å². The quantitative estimate of drug-likeness (QED) is 0.680. The van der Waals surface area contributed by atoms with E-state index >= 15 is 0 Å². The van der Waals surface area contributed by atoms with Crippen LogP contribution in [0.25, 0.3) is 0 Å². The summed E-state index contributed by atoms with van der Waals surface area (Å²) in [5.74, 6) is -0.844. The fourth-order valence-corrected chi connectivity index (χ4v) is 4.29. The molecule has 0 aromatic heterocycles. The molecule has 2 bridgehead atoms. The van der Waals surface area contributed by atoms with Crippen molar-refractivity contribution in [3.05, 3.63) is 42.0 Å². The van der Waals surface area contributed by atoms with Crippen molar-refractivity contribution >= 4 is 23.4 Å². The van der Waals surface area contributed by atoms with Gasteiger partial charge in [0.1, 0.15) is 6.54 Å². The Morgan fingerprint density at radius 1 is 1.08 bits per heavy atom. The van der Waals surface area contributed by atoms with Gasteiger partial charge >= 0.3 is 0 Å². The van der Waals surface area contributed by atoms with Crippen molar-refractivity contribution in [2.75, 3.05) is 11.9 Å². The molecule has 3 amide bonds. The van der Waals surface area contributed by atoms with Gasteiger partial charge < -0.3 is 5.32 Å². The molecule has 5 heteroatoms. The van der Waals surface area contributed by atoms with Crippen LogP contribution in [0.15, 0.2) is 36.4 Å². The van der Waals surface area contributed by atoms with E-state index in [1.807, 2.05) is 24.3 Å². The van der Waals surface area contributed by atoms with E-state index in [2.05, 4.69) is 24.4 Å². The second-order valence-corrected chi connectivity index (χ2v) is 6.86. The van der Waals surface area contributed by atoms with Crippen molar-refractivity contribution in [1.82, 2.24) is 4.90 Å². The molecular formula is C19H20N2O3. The average molecular weight is 324 g/mol. The smallest absolute Gasteiger partial charge is 0.244 e. The van der Waals surface area contributed by atoms with Crippen molar-refractivity contribution in [3.63, 3.8) is 0 Å². The summed E-state index contributed by atoms with van der Waals surface area (Å²) in [5.41, 5.74) is 1.87. The maximum absolute atomic E-state index is 12.5. The second kappa shape index (κ2) is 5.58. The van der Waals surface area contributed by atoms with Gasteiger partial charge in [0.25, 0.3) is 0 Å². The number of allylic oxidation sites excluding steroid dienone is 2. The Morgan fingerprint density at radius 2 is 1.67 bits per heavy atom. The van der Waals surface area contributed by atoms with Gasteiger partial charge in [-0.15, -0.1) is 0 Å². The van der Waals surface area contributed by atoms with Gasteiger partial charge in [-0.3, -0.25) is 19.3 Å². The van der Waals surface area contributed by atoms with Crippen LogP contribution in [0.1, 0.15) is 18.9 Å². The number of fused-ring (bicyclic) bond motifs is 5. The minimum Gasteiger partial charge on any atom is -0.325 e. The SMILES string of the molecule is CCc1ccc(NC(=O)CN2C(=O)[C@@H]3[C@@H](C2=O)[C@H]2C=C[C@H]3C2)cc1. The second-order valence-electron chi connectivity index (χ2n) is 6.86. The standard InChI is InChI=1S/C19H20N2O3/c1-2-11-3-7-14(8-4-11)20-15(22)10-21-18(23)16-12-5-6-13(9-12)17(16)19(21)24/h3-8,12-13,16-17H,2,9-10H2,1H3,(H,20,22)/t12-,13-,16-,17-/m0/s1. The van der Waals surface area contributed by atoms with Gasteiger partial charge in [-0.05, 0) is 42.4 Å². The first-order valence-electron chi connectivity index (χ1n) is 8.51. The maximum atomic E-state index is 12.5. The third-order valence-corrected chi connectivity index (χ3v) is 5.51. The summed E-state index contributed by atoms with van der Waals surface area (Å²) >= 11 is 0. The predicted molar refractivity (Wildman–Crippen MR) is 88.9 cm³/mol. The van der Waals surface area contributed by atoms with E-state index in [-0.39, 0.29) is 47.9 Å². The Hall–Kier alpha value is -2.43. The predicted octanol–water partition coefficient (Wildman–Crippen LogP) is 1.99. The van der Waals surface area contributed by atoms with Gasteiger partial charge in [0.05, 0.1) is 11.8 Å². The number of likely N-dealkylation sites (tertiary alicyclic amines) is 1. The van der Waals surface area contributed by atoms with Gasteiger partial charge in [-0.1, -0.05) is 31.2 Å². The summed E-state index contributed by atoms with van der Waals surface area (Å²) in [4.78, 5) is 38.5. The molecule has 0 spiro atoms. The van der Waals surface area contributed by atoms with Gasteiger partial charge in [0, 0.05) is 5.69 Å². The molecule has 1 aliphatic heterocycles. The third-order valence-electron chi connectivity index (χ3n) is 5.51. The van der Waals surface area contributed by atoms with Crippen LogP contribution < -0.4 is 5.32 Å². The first-order chi connectivity index (χ1) is 11.6. The number of aryl methyl sites for hydroxylation is 1. The zero-order valence-corrected chi connectivity index (χ0v) is 13.6. The van der Waals surface area contributed by atoms with Crippen LogP contribution in [0.4, 0.5) is 5.69 Å². The molecule has 1 saturated heterocycles. The number of nitrogens with zero attached hydrogens (tertiary/aromatic N) is 1. The molecule has 124 valence electrons. The zero-order valence-electron chi connectivity index (χ0n) is 13.6. The number of carbonyl (C=O) groups excluding carboxylic acids is 3. The lowest BCUT2D eigenvalue weighted by atomic mass is 9.85. The highest BCUT2D eigenvalue weighted by atomic mass is 16.2. The molecule has 3 aliphatic rings. The highest BCUT2D eigenvalue weighted by molar-refractivity contribution is 6.09. The molecule has 1 aromatic rings. The Kier molecular flexibility index (Phi) is 3.52. The molecular weight excluding hydrogens is 304 g/mol. The number of anilines is 1. The molecule has 4 atom stereocenters. The topological polar surface area (TPSA) is 66.5 Å². The lowest BCUT2D eigenvalue weighted by Crippen LogP contribution is -2.39. The Morgan fingerprint density at radius 3 is 2.21 bits per heavy atom. The largest absolute Gasteiger partial charge is 0.325 e. The summed E-state index contributed by atoms with van der Waals surface area (Å²) in [6.07, 6.45) is 5.94. The third kappa shape index (κ3) is 2.27. The van der Waals surface area contributed by atoms with Crippen molar-refractivity contribution in [2.45, 2.75) is 19.8 Å². The van der Waals surface area contributed by atoms with Gasteiger partial charge in [-0.25, -0.2) is 0 Å². The number of hydrogen-bond donors (Lipinski definition) is 1. The number of rotatable bonds is 4. The fourth-order valence-electron chi connectivity index (χ4n) is 4.29. The summed E-state index contributed by atoms with van der Waals surface area (Å²) in [7, 11) is 0. The maximum Gasteiger partial charge on any atom is 0.244 e. The number of benzene rings is 1. The molecule has 2 aliphatic carbocycles. The lowest BCUT2D eigenvalue weighted by molar-refractivity contribution is -0.143. The molecule has 4 rings (SSSR count). The summed E-state index contributed by atoms with van der Waals surface area (Å²) in [6.45, 7) is 1.87. The van der Waals surface area contributed by atoms with Crippen LogP contribution in [0.3, 0.4) is 0 Å². The van der Waals surface area contributed by atoms with Gasteiger partial charge in [0.15, 0.2) is 0 Å². The normalized spacial score (nSPS) is 30.1. The van der Waals surface area contributed by atoms with E-state index in [9.17, 15) is 14.4 Å². The minimum atomic E-state index is -0.332. The minimum absolute atomic E-state index is 0.172. The number of imide groups is 1. The van der Waals surface area contributed by atoms with Crippen molar-refractivity contribution in [3.8, 4) is 0 Å². The molecule has 1 aromatic carbocycles. The first kappa shape index (κ1) is 15.1. The highest BCUT2D eigenvalue weighted by Gasteiger charge is 2.59. The van der Waals surface area contributed by atoms with Gasteiger partial charge in [-0.2, -0.15) is 0 Å². The molecule has 2 fully saturated rings. The molecule has 0 unspecified atom stereocenters. The number of hydrogen-bond acceptors (Lipinski definition) is 3. The van der Waals surface area contributed by atoms with Crippen LogP contribution in [0.5, 0.6) is 0 Å². The van der Waals surface area contributed by atoms with Crippen LogP contribution in [-0.2, 0) is 20.8 Å². The fraction of sp³-hybridized carbons (Fsp3) is 0.421.